The van der Waals surface area contributed by atoms with Crippen LogP contribution in [-0.2, 0) is 0 Å². The molecule has 0 bridgehead atoms. The highest BCUT2D eigenvalue weighted by Crippen LogP contribution is 2.30. The molecule has 5 nitrogen and oxygen atoms in total. The van der Waals surface area contributed by atoms with E-state index in [1.54, 1.807) is 6.20 Å². The Morgan fingerprint density at radius 3 is 2.80 bits per heavy atom. The number of hydrogen-bond donors (Lipinski definition) is 2. The molecule has 1 saturated heterocycles. The Morgan fingerprint density at radius 2 is 2.10 bits per heavy atom. The number of H-pyrrole nitrogens is 1. The minimum absolute atomic E-state index is 0.257. The first-order valence-corrected chi connectivity index (χ1v) is 6.96. The Labute approximate surface area is 118 Å². The second-order valence-corrected chi connectivity index (χ2v) is 5.36. The minimum Gasteiger partial charge on any atom is -0.488 e. The second-order valence-electron chi connectivity index (χ2n) is 5.36. The van der Waals surface area contributed by atoms with Crippen molar-refractivity contribution in [3.05, 3.63) is 30.6 Å². The standard InChI is InChI=1S/C15H20N4O/c1-19-6-4-13(5-7-19)20-15-8-11(2-3-14(15)16)12-9-17-18-10-12/h2-3,8-10,13H,4-7,16H2,1H3,(H,17,18). The van der Waals surface area contributed by atoms with E-state index in [9.17, 15) is 0 Å². The van der Waals surface area contributed by atoms with Crippen LogP contribution < -0.4 is 10.5 Å². The Balaban J connectivity index is 1.77. The lowest BCUT2D eigenvalue weighted by molar-refractivity contribution is 0.115. The SMILES string of the molecule is CN1CCC(Oc2cc(-c3cn[nH]c3)ccc2N)CC1. The molecular weight excluding hydrogens is 252 g/mol. The lowest BCUT2D eigenvalue weighted by Gasteiger charge is -2.29. The molecule has 0 amide bonds. The van der Waals surface area contributed by atoms with Crippen molar-refractivity contribution in [1.82, 2.24) is 15.1 Å². The number of aromatic amines is 1. The van der Waals surface area contributed by atoms with Crippen LogP contribution in [0.4, 0.5) is 5.69 Å². The third kappa shape index (κ3) is 2.77. The van der Waals surface area contributed by atoms with E-state index in [-0.39, 0.29) is 6.10 Å². The van der Waals surface area contributed by atoms with Crippen molar-refractivity contribution in [1.29, 1.82) is 0 Å². The third-order valence-corrected chi connectivity index (χ3v) is 3.80. The maximum absolute atomic E-state index is 6.09. The first kappa shape index (κ1) is 13.0. The summed E-state index contributed by atoms with van der Waals surface area (Å²) in [5, 5.41) is 6.79. The molecule has 3 N–H and O–H groups in total. The van der Waals surface area contributed by atoms with Gasteiger partial charge in [-0.15, -0.1) is 0 Å². The van der Waals surface area contributed by atoms with Crippen molar-refractivity contribution in [2.45, 2.75) is 18.9 Å². The molecule has 0 atom stereocenters. The lowest BCUT2D eigenvalue weighted by Crippen LogP contribution is -2.35. The Hall–Kier alpha value is -2.01. The largest absolute Gasteiger partial charge is 0.488 e. The molecule has 0 saturated carbocycles. The molecule has 2 heterocycles. The molecule has 20 heavy (non-hydrogen) atoms. The Kier molecular flexibility index (Phi) is 3.60. The zero-order valence-electron chi connectivity index (χ0n) is 11.7. The maximum Gasteiger partial charge on any atom is 0.143 e. The molecule has 5 heteroatoms. The van der Waals surface area contributed by atoms with E-state index >= 15 is 0 Å². The predicted octanol–water partition coefficient (Wildman–Crippen LogP) is 2.13. The fraction of sp³-hybridized carbons (Fsp3) is 0.400. The van der Waals surface area contributed by atoms with Gasteiger partial charge in [-0.3, -0.25) is 5.10 Å². The van der Waals surface area contributed by atoms with E-state index in [1.807, 2.05) is 24.4 Å². The number of nitrogens with zero attached hydrogens (tertiary/aromatic N) is 2. The molecule has 0 radical (unpaired) electrons. The molecule has 0 aliphatic carbocycles. The summed E-state index contributed by atoms with van der Waals surface area (Å²) >= 11 is 0. The molecule has 0 spiro atoms. The molecule has 1 aromatic heterocycles. The van der Waals surface area contributed by atoms with E-state index < -0.39 is 0 Å². The molecule has 1 aliphatic heterocycles. The van der Waals surface area contributed by atoms with E-state index in [0.717, 1.165) is 42.8 Å². The molecular formula is C15H20N4O. The smallest absolute Gasteiger partial charge is 0.143 e. The second kappa shape index (κ2) is 5.54. The maximum atomic E-state index is 6.09. The Morgan fingerprint density at radius 1 is 1.30 bits per heavy atom. The molecule has 0 unspecified atom stereocenters. The molecule has 1 fully saturated rings. The predicted molar refractivity (Wildman–Crippen MR) is 79.6 cm³/mol. The van der Waals surface area contributed by atoms with E-state index in [0.29, 0.717) is 5.69 Å². The van der Waals surface area contributed by atoms with Gasteiger partial charge in [0.1, 0.15) is 11.9 Å². The zero-order valence-corrected chi connectivity index (χ0v) is 11.7. The van der Waals surface area contributed by atoms with Crippen molar-refractivity contribution >= 4 is 5.69 Å². The summed E-state index contributed by atoms with van der Waals surface area (Å²) in [7, 11) is 2.14. The summed E-state index contributed by atoms with van der Waals surface area (Å²) in [5.41, 5.74) is 8.82. The van der Waals surface area contributed by atoms with Crippen LogP contribution in [-0.4, -0.2) is 41.3 Å². The number of rotatable bonds is 3. The minimum atomic E-state index is 0.257. The van der Waals surface area contributed by atoms with E-state index in [4.69, 9.17) is 10.5 Å². The van der Waals surface area contributed by atoms with Gasteiger partial charge in [-0.05, 0) is 37.6 Å². The van der Waals surface area contributed by atoms with Crippen molar-refractivity contribution in [2.24, 2.45) is 0 Å². The van der Waals surface area contributed by atoms with E-state index in [2.05, 4.69) is 22.1 Å². The third-order valence-electron chi connectivity index (χ3n) is 3.80. The van der Waals surface area contributed by atoms with Gasteiger partial charge in [-0.2, -0.15) is 5.10 Å². The Bertz CT molecular complexity index is 559. The number of aromatic nitrogens is 2. The van der Waals surface area contributed by atoms with Gasteiger partial charge in [-0.25, -0.2) is 0 Å². The highest BCUT2D eigenvalue weighted by Gasteiger charge is 2.19. The summed E-state index contributed by atoms with van der Waals surface area (Å²) < 4.78 is 6.09. The summed E-state index contributed by atoms with van der Waals surface area (Å²) in [6, 6.07) is 5.88. The number of nitrogen functional groups attached to an aromatic ring is 1. The number of anilines is 1. The van der Waals surface area contributed by atoms with Gasteiger partial charge >= 0.3 is 0 Å². The number of nitrogens with two attached hydrogens (primary N) is 1. The van der Waals surface area contributed by atoms with Gasteiger partial charge in [0.25, 0.3) is 0 Å². The summed E-state index contributed by atoms with van der Waals surface area (Å²) in [6.45, 7) is 2.15. The lowest BCUT2D eigenvalue weighted by atomic mass is 10.1. The van der Waals surface area contributed by atoms with Crippen LogP contribution in [0, 0.1) is 0 Å². The first-order valence-electron chi connectivity index (χ1n) is 6.96. The fourth-order valence-corrected chi connectivity index (χ4v) is 2.51. The number of benzene rings is 1. The van der Waals surface area contributed by atoms with Crippen LogP contribution in [0.25, 0.3) is 11.1 Å². The number of nitrogens with one attached hydrogen (secondary N) is 1. The van der Waals surface area contributed by atoms with Crippen molar-refractivity contribution in [2.75, 3.05) is 25.9 Å². The van der Waals surface area contributed by atoms with Gasteiger partial charge in [-0.1, -0.05) is 6.07 Å². The summed E-state index contributed by atoms with van der Waals surface area (Å²) in [5.74, 6) is 0.776. The first-order chi connectivity index (χ1) is 9.72. The normalized spacial score (nSPS) is 17.2. The highest BCUT2D eigenvalue weighted by molar-refractivity contribution is 5.68. The molecule has 1 aliphatic rings. The van der Waals surface area contributed by atoms with Gasteiger partial charge in [0, 0.05) is 24.8 Å². The van der Waals surface area contributed by atoms with Crippen LogP contribution in [0.1, 0.15) is 12.8 Å². The number of ether oxygens (including phenoxy) is 1. The van der Waals surface area contributed by atoms with E-state index in [1.165, 1.54) is 0 Å². The average Bonchev–Trinajstić information content (AvgIpc) is 2.98. The van der Waals surface area contributed by atoms with Gasteiger partial charge < -0.3 is 15.4 Å². The van der Waals surface area contributed by atoms with Crippen LogP contribution in [0.2, 0.25) is 0 Å². The number of hydrogen-bond acceptors (Lipinski definition) is 4. The summed E-state index contributed by atoms with van der Waals surface area (Å²) in [4.78, 5) is 2.32. The molecule has 1 aromatic carbocycles. The zero-order chi connectivity index (χ0) is 13.9. The van der Waals surface area contributed by atoms with Gasteiger partial charge in [0.2, 0.25) is 0 Å². The van der Waals surface area contributed by atoms with Crippen LogP contribution in [0.3, 0.4) is 0 Å². The fourth-order valence-electron chi connectivity index (χ4n) is 2.51. The molecule has 3 rings (SSSR count). The van der Waals surface area contributed by atoms with Gasteiger partial charge in [0.05, 0.1) is 11.9 Å². The quantitative estimate of drug-likeness (QED) is 0.840. The van der Waals surface area contributed by atoms with Crippen LogP contribution >= 0.6 is 0 Å². The number of piperidine rings is 1. The molecule has 2 aromatic rings. The van der Waals surface area contributed by atoms with Crippen LogP contribution in [0.5, 0.6) is 5.75 Å². The highest BCUT2D eigenvalue weighted by atomic mass is 16.5. The van der Waals surface area contributed by atoms with Crippen molar-refractivity contribution < 1.29 is 4.74 Å². The summed E-state index contributed by atoms with van der Waals surface area (Å²) in [6.07, 6.45) is 6.01. The average molecular weight is 272 g/mol. The topological polar surface area (TPSA) is 67.2 Å². The molecule has 106 valence electrons. The van der Waals surface area contributed by atoms with Crippen molar-refractivity contribution in [3.8, 4) is 16.9 Å². The van der Waals surface area contributed by atoms with Crippen LogP contribution in [0.15, 0.2) is 30.6 Å². The number of likely N-dealkylation sites (tertiary alicyclic amines) is 1. The monoisotopic (exact) mass is 272 g/mol. The van der Waals surface area contributed by atoms with Crippen molar-refractivity contribution in [3.63, 3.8) is 0 Å². The van der Waals surface area contributed by atoms with Gasteiger partial charge in [0.15, 0.2) is 0 Å².